The summed E-state index contributed by atoms with van der Waals surface area (Å²) in [6.07, 6.45) is 6.06. The Labute approximate surface area is 257 Å². The Bertz CT molecular complexity index is 1400. The number of hydrogen-bond acceptors (Lipinski definition) is 8. The van der Waals surface area contributed by atoms with Gasteiger partial charge in [0.15, 0.2) is 5.75 Å². The molecule has 5 heterocycles. The molecule has 3 aromatic rings. The lowest BCUT2D eigenvalue weighted by atomic mass is 9.83. The van der Waals surface area contributed by atoms with Crippen molar-refractivity contribution in [1.82, 2.24) is 14.4 Å². The van der Waals surface area contributed by atoms with E-state index in [1.807, 2.05) is 6.07 Å². The minimum absolute atomic E-state index is 0.425. The zero-order valence-corrected chi connectivity index (χ0v) is 25.9. The summed E-state index contributed by atoms with van der Waals surface area (Å²) in [4.78, 5) is 20.0. The van der Waals surface area contributed by atoms with E-state index in [0.717, 1.165) is 119 Å². The van der Waals surface area contributed by atoms with Crippen molar-refractivity contribution in [3.8, 4) is 17.0 Å². The summed E-state index contributed by atoms with van der Waals surface area (Å²) in [7, 11) is 0. The van der Waals surface area contributed by atoms with Crippen LogP contribution in [0.15, 0.2) is 24.3 Å². The molecule has 1 N–H and O–H groups in total. The average molecular weight is 609 g/mol. The normalized spacial score (nSPS) is 20.4. The second-order valence-electron chi connectivity index (χ2n) is 12.3. The third-order valence-electron chi connectivity index (χ3n) is 9.73. The number of nitrogens with zero attached hydrogens (tertiary/aromatic N) is 4. The lowest BCUT2D eigenvalue weighted by Gasteiger charge is -2.34. The maximum atomic E-state index is 12.0. The van der Waals surface area contributed by atoms with Gasteiger partial charge in [-0.2, -0.15) is 0 Å². The molecule has 232 valence electrons. The van der Waals surface area contributed by atoms with Gasteiger partial charge in [-0.15, -0.1) is 11.3 Å². The van der Waals surface area contributed by atoms with Crippen molar-refractivity contribution >= 4 is 33.2 Å². The van der Waals surface area contributed by atoms with E-state index in [9.17, 15) is 9.90 Å². The average Bonchev–Trinajstić information content (AvgIpc) is 3.54. The lowest BCUT2D eigenvalue weighted by molar-refractivity contribution is 0.0368. The van der Waals surface area contributed by atoms with Crippen LogP contribution in [0.2, 0.25) is 0 Å². The number of anilines is 1. The summed E-state index contributed by atoms with van der Waals surface area (Å²) in [5.41, 5.74) is 5.97. The van der Waals surface area contributed by atoms with Crippen molar-refractivity contribution in [2.75, 3.05) is 90.3 Å². The molecule has 0 atom stereocenters. The molecule has 0 radical (unpaired) electrons. The first-order valence-corrected chi connectivity index (χ1v) is 17.0. The Morgan fingerprint density at radius 3 is 2.23 bits per heavy atom. The number of carboxylic acid groups (broad SMARTS) is 1. The van der Waals surface area contributed by atoms with Crippen LogP contribution in [-0.2, 0) is 16.0 Å². The molecule has 43 heavy (non-hydrogen) atoms. The summed E-state index contributed by atoms with van der Waals surface area (Å²) < 4.78 is 21.4. The van der Waals surface area contributed by atoms with E-state index >= 15 is 0 Å². The van der Waals surface area contributed by atoms with Gasteiger partial charge < -0.3 is 28.8 Å². The minimum atomic E-state index is -0.839. The van der Waals surface area contributed by atoms with Crippen LogP contribution < -0.4 is 9.64 Å². The van der Waals surface area contributed by atoms with Gasteiger partial charge in [-0.05, 0) is 42.5 Å². The first-order valence-electron chi connectivity index (χ1n) is 16.2. The van der Waals surface area contributed by atoms with Crippen LogP contribution in [-0.4, -0.2) is 111 Å². The Morgan fingerprint density at radius 1 is 0.907 bits per heavy atom. The fourth-order valence-electron chi connectivity index (χ4n) is 7.42. The monoisotopic (exact) mass is 608 g/mol. The molecule has 10 heteroatoms. The van der Waals surface area contributed by atoms with Crippen LogP contribution in [0.4, 0.5) is 5.69 Å². The molecule has 3 fully saturated rings. The predicted octanol–water partition coefficient (Wildman–Crippen LogP) is 4.98. The van der Waals surface area contributed by atoms with E-state index in [4.69, 9.17) is 14.2 Å². The highest BCUT2D eigenvalue weighted by atomic mass is 32.1. The van der Waals surface area contributed by atoms with Crippen molar-refractivity contribution in [2.24, 2.45) is 0 Å². The molecule has 3 aliphatic heterocycles. The third-order valence-corrected chi connectivity index (χ3v) is 10.9. The van der Waals surface area contributed by atoms with Crippen molar-refractivity contribution in [3.63, 3.8) is 0 Å². The second-order valence-corrected chi connectivity index (χ2v) is 13.3. The fourth-order valence-corrected chi connectivity index (χ4v) is 8.55. The first kappa shape index (κ1) is 29.1. The molecule has 0 bridgehead atoms. The van der Waals surface area contributed by atoms with Gasteiger partial charge in [-0.1, -0.05) is 25.3 Å². The summed E-state index contributed by atoms with van der Waals surface area (Å²) in [6, 6.07) is 8.55. The maximum Gasteiger partial charge on any atom is 0.345 e. The van der Waals surface area contributed by atoms with Crippen molar-refractivity contribution in [3.05, 3.63) is 34.7 Å². The van der Waals surface area contributed by atoms with Gasteiger partial charge in [0.2, 0.25) is 0 Å². The zero-order chi connectivity index (χ0) is 29.2. The first-order chi connectivity index (χ1) is 21.2. The molecule has 0 amide bonds. The van der Waals surface area contributed by atoms with Gasteiger partial charge in [-0.3, -0.25) is 9.80 Å². The number of fused-ring (bicyclic) bond motifs is 5. The largest absolute Gasteiger partial charge is 0.489 e. The van der Waals surface area contributed by atoms with Crippen molar-refractivity contribution < 1.29 is 24.1 Å². The maximum absolute atomic E-state index is 12.0. The Kier molecular flexibility index (Phi) is 8.91. The van der Waals surface area contributed by atoms with Crippen LogP contribution in [0, 0.1) is 0 Å². The highest BCUT2D eigenvalue weighted by molar-refractivity contribution is 7.21. The molecule has 7 rings (SSSR count). The van der Waals surface area contributed by atoms with Gasteiger partial charge >= 0.3 is 5.97 Å². The molecule has 4 aliphatic rings. The number of aromatic carboxylic acids is 1. The van der Waals surface area contributed by atoms with Gasteiger partial charge in [0.05, 0.1) is 54.6 Å². The number of morpholine rings is 2. The number of carbonyl (C=O) groups is 1. The molecule has 1 aliphatic carbocycles. The number of thiophene rings is 1. The number of aromatic nitrogens is 1. The quantitative estimate of drug-likeness (QED) is 0.365. The number of carboxylic acids is 1. The molecule has 0 unspecified atom stereocenters. The van der Waals surface area contributed by atoms with Crippen molar-refractivity contribution in [1.29, 1.82) is 0 Å². The van der Waals surface area contributed by atoms with Gasteiger partial charge in [0.25, 0.3) is 0 Å². The van der Waals surface area contributed by atoms with Gasteiger partial charge in [-0.25, -0.2) is 4.79 Å². The highest BCUT2D eigenvalue weighted by Gasteiger charge is 2.32. The summed E-state index contributed by atoms with van der Waals surface area (Å²) in [5.74, 6) is 0.584. The molecular formula is C33H44N4O5S. The lowest BCUT2D eigenvalue weighted by Crippen LogP contribution is -2.45. The molecule has 0 spiro atoms. The number of ether oxygens (including phenoxy) is 3. The topological polar surface area (TPSA) is 79.6 Å². The van der Waals surface area contributed by atoms with Gasteiger partial charge in [0.1, 0.15) is 11.5 Å². The van der Waals surface area contributed by atoms with Crippen LogP contribution in [0.25, 0.3) is 21.5 Å². The standard InChI is InChI=1S/C33H44N4O5S/c38-33(39)28-23-27-32(43-28)29(24-5-2-1-3-6-24)30-25-7-4-8-26(31(25)42-22-17-37(27)30)36(11-9-34-13-18-40-19-14-34)12-10-35-15-20-41-21-16-35/h4,7-8,23-24H,1-3,5-6,9-22H2,(H,38,39). The molecular weight excluding hydrogens is 564 g/mol. The molecule has 1 aromatic carbocycles. The van der Waals surface area contributed by atoms with Crippen molar-refractivity contribution in [2.45, 2.75) is 44.6 Å². The Balaban J connectivity index is 1.28. The molecule has 2 aromatic heterocycles. The molecule has 1 saturated carbocycles. The zero-order valence-electron chi connectivity index (χ0n) is 25.1. The SMILES string of the molecule is O=C(O)c1cc2c(s1)c(C1CCCCC1)c1n2CCOc2c-1cccc2N(CCN1CCOCC1)CCN1CCOCC1. The summed E-state index contributed by atoms with van der Waals surface area (Å²) in [6.45, 7) is 12.3. The predicted molar refractivity (Wildman–Crippen MR) is 170 cm³/mol. The van der Waals surface area contributed by atoms with E-state index in [-0.39, 0.29) is 0 Å². The van der Waals surface area contributed by atoms with E-state index < -0.39 is 5.97 Å². The van der Waals surface area contributed by atoms with E-state index in [0.29, 0.717) is 23.9 Å². The van der Waals surface area contributed by atoms with E-state index in [1.54, 1.807) is 0 Å². The summed E-state index contributed by atoms with van der Waals surface area (Å²) >= 11 is 1.46. The molecule has 2 saturated heterocycles. The molecule has 9 nitrogen and oxygen atoms in total. The smallest absolute Gasteiger partial charge is 0.345 e. The van der Waals surface area contributed by atoms with E-state index in [2.05, 4.69) is 37.5 Å². The third kappa shape index (κ3) is 6.04. The second kappa shape index (κ2) is 13.2. The van der Waals surface area contributed by atoms with Crippen LogP contribution in [0.5, 0.6) is 5.75 Å². The number of para-hydroxylation sites is 1. The number of hydrogen-bond donors (Lipinski definition) is 1. The number of benzene rings is 1. The van der Waals surface area contributed by atoms with E-state index in [1.165, 1.54) is 41.9 Å². The van der Waals surface area contributed by atoms with Gasteiger partial charge in [0, 0.05) is 57.9 Å². The number of rotatable bonds is 9. The minimum Gasteiger partial charge on any atom is -0.489 e. The van der Waals surface area contributed by atoms with Crippen LogP contribution in [0.3, 0.4) is 0 Å². The Morgan fingerprint density at radius 2 is 1.58 bits per heavy atom. The van der Waals surface area contributed by atoms with Crippen LogP contribution in [0.1, 0.15) is 53.3 Å². The fraction of sp³-hybridized carbons (Fsp3) is 0.606. The summed E-state index contributed by atoms with van der Waals surface area (Å²) in [5, 5.41) is 9.86. The Hall–Kier alpha value is -2.63. The highest BCUT2D eigenvalue weighted by Crippen LogP contribution is 2.51. The van der Waals surface area contributed by atoms with Crippen LogP contribution >= 0.6 is 11.3 Å².